The minimum atomic E-state index is -3.04. The number of amides is 1. The maximum absolute atomic E-state index is 13.3. The van der Waals surface area contributed by atoms with Crippen LogP contribution >= 0.6 is 0 Å². The van der Waals surface area contributed by atoms with Crippen LogP contribution in [-0.2, 0) is 30.4 Å². The van der Waals surface area contributed by atoms with Gasteiger partial charge in [-0.25, -0.2) is 14.0 Å². The third-order valence-electron chi connectivity index (χ3n) is 8.24. The van der Waals surface area contributed by atoms with E-state index < -0.39 is 47.8 Å². The fourth-order valence-electron chi connectivity index (χ4n) is 5.41. The summed E-state index contributed by atoms with van der Waals surface area (Å²) in [5.41, 5.74) is -1.02. The van der Waals surface area contributed by atoms with Gasteiger partial charge in [0.1, 0.15) is 17.6 Å². The van der Waals surface area contributed by atoms with Gasteiger partial charge in [0.2, 0.25) is 5.91 Å². The highest BCUT2D eigenvalue weighted by molar-refractivity contribution is 5.94. The number of nitrogens with one attached hydrogen (secondary N) is 1. The summed E-state index contributed by atoms with van der Waals surface area (Å²) in [4.78, 5) is 61.0. The van der Waals surface area contributed by atoms with Crippen LogP contribution in [-0.4, -0.2) is 61.7 Å². The number of benzene rings is 2. The van der Waals surface area contributed by atoms with E-state index in [0.717, 1.165) is 62.1 Å². The number of carboxylic acid groups (broad SMARTS) is 3. The van der Waals surface area contributed by atoms with E-state index in [1.54, 1.807) is 36.4 Å². The van der Waals surface area contributed by atoms with Gasteiger partial charge in [-0.05, 0) is 54.5 Å². The number of allylic oxidation sites excluding steroid dienone is 1. The first-order valence-electron chi connectivity index (χ1n) is 16.6. The quantitative estimate of drug-likeness (QED) is 0.0630. The Morgan fingerprint density at radius 2 is 1.33 bits per heavy atom. The molecule has 2 rings (SSSR count). The Bertz CT molecular complexity index is 1370. The summed E-state index contributed by atoms with van der Waals surface area (Å²) < 4.78 is 13.3. The van der Waals surface area contributed by atoms with E-state index in [1.165, 1.54) is 24.6 Å². The minimum Gasteiger partial charge on any atom is -0.481 e. The molecule has 0 aliphatic carbocycles. The second-order valence-corrected chi connectivity index (χ2v) is 12.2. The Labute approximate surface area is 281 Å². The zero-order valence-corrected chi connectivity index (χ0v) is 27.5. The molecule has 0 saturated heterocycles. The molecule has 0 saturated carbocycles. The molecule has 1 amide bonds. The Morgan fingerprint density at radius 1 is 0.792 bits per heavy atom. The molecule has 48 heavy (non-hydrogen) atoms. The van der Waals surface area contributed by atoms with Gasteiger partial charge >= 0.3 is 17.9 Å². The zero-order valence-electron chi connectivity index (χ0n) is 27.5. The molecule has 0 spiro atoms. The first kappa shape index (κ1) is 39.8. The molecule has 10 nitrogen and oxygen atoms in total. The lowest BCUT2D eigenvalue weighted by Gasteiger charge is -2.29. The number of halogens is 1. The molecule has 0 fully saturated rings. The van der Waals surface area contributed by atoms with Gasteiger partial charge in [0.05, 0.1) is 12.3 Å². The summed E-state index contributed by atoms with van der Waals surface area (Å²) >= 11 is 0. The van der Waals surface area contributed by atoms with Crippen molar-refractivity contribution < 1.29 is 48.8 Å². The van der Waals surface area contributed by atoms with Crippen molar-refractivity contribution in [2.45, 2.75) is 108 Å². The lowest BCUT2D eigenvalue weighted by molar-refractivity contribution is -0.172. The molecule has 11 heteroatoms. The van der Waals surface area contributed by atoms with Crippen molar-refractivity contribution in [3.05, 3.63) is 72.1 Å². The number of hydrogen-bond acceptors (Lipinski definition) is 6. The predicted molar refractivity (Wildman–Crippen MR) is 179 cm³/mol. The van der Waals surface area contributed by atoms with Crippen LogP contribution in [0.4, 0.5) is 4.39 Å². The number of carbonyl (C=O) groups is 5. The maximum Gasteiger partial charge on any atom is 0.337 e. The van der Waals surface area contributed by atoms with Crippen molar-refractivity contribution >= 4 is 29.6 Å². The Balaban J connectivity index is 2.02. The number of aliphatic hydroxyl groups is 1. The molecule has 262 valence electrons. The van der Waals surface area contributed by atoms with Crippen molar-refractivity contribution in [2.75, 3.05) is 0 Å². The van der Waals surface area contributed by atoms with E-state index in [0.29, 0.717) is 31.2 Å². The molecule has 0 aliphatic rings. The fraction of sp³-hybridized carbons (Fsp3) is 0.486. The molecule has 0 heterocycles. The van der Waals surface area contributed by atoms with Crippen LogP contribution in [0.25, 0.3) is 11.1 Å². The summed E-state index contributed by atoms with van der Waals surface area (Å²) in [5.74, 6) is -8.19. The number of unbranched alkanes of at least 4 members (excludes halogenated alkanes) is 8. The van der Waals surface area contributed by atoms with E-state index >= 15 is 0 Å². The number of carboxylic acids is 3. The molecule has 0 aromatic heterocycles. The molecule has 3 atom stereocenters. The first-order chi connectivity index (χ1) is 22.9. The van der Waals surface area contributed by atoms with Crippen molar-refractivity contribution in [2.24, 2.45) is 5.92 Å². The van der Waals surface area contributed by atoms with Gasteiger partial charge in [-0.2, -0.15) is 0 Å². The van der Waals surface area contributed by atoms with Crippen molar-refractivity contribution in [3.63, 3.8) is 0 Å². The summed E-state index contributed by atoms with van der Waals surface area (Å²) in [5, 5.41) is 42.1. The number of aliphatic carboxylic acids is 3. The van der Waals surface area contributed by atoms with Gasteiger partial charge in [-0.15, -0.1) is 0 Å². The normalized spacial score (nSPS) is 13.8. The van der Waals surface area contributed by atoms with Gasteiger partial charge in [0, 0.05) is 19.3 Å². The third kappa shape index (κ3) is 13.8. The van der Waals surface area contributed by atoms with Crippen molar-refractivity contribution in [3.8, 4) is 11.1 Å². The van der Waals surface area contributed by atoms with E-state index in [4.69, 9.17) is 0 Å². The lowest BCUT2D eigenvalue weighted by atomic mass is 9.82. The summed E-state index contributed by atoms with van der Waals surface area (Å²) in [6.07, 6.45) is 11.1. The standard InChI is InChI=1S/C37H48FNO9/c1-2-3-4-7-10-13-30(40)14-11-8-5-6-9-12-15-31(37(48,36(46)47)25-33(41)42)34(43)39-32(35(44)45)24-26-16-18-27(19-17-26)28-20-22-29(38)23-21-28/h12,15-23,31-32,48H,2-11,13-14,24-25H2,1H3,(H,39,43)(H,41,42)(H,44,45)(H,46,47)/t31-,32+,37+/m1/s1. The van der Waals surface area contributed by atoms with Gasteiger partial charge in [0.25, 0.3) is 0 Å². The van der Waals surface area contributed by atoms with Crippen LogP contribution in [0.2, 0.25) is 0 Å². The van der Waals surface area contributed by atoms with Crippen molar-refractivity contribution in [1.82, 2.24) is 5.32 Å². The van der Waals surface area contributed by atoms with Gasteiger partial charge in [-0.3, -0.25) is 14.4 Å². The topological polar surface area (TPSA) is 178 Å². The van der Waals surface area contributed by atoms with Crippen LogP contribution < -0.4 is 5.32 Å². The molecule has 0 radical (unpaired) electrons. The number of rotatable bonds is 24. The minimum absolute atomic E-state index is 0.188. The zero-order chi connectivity index (χ0) is 35.5. The molecular weight excluding hydrogens is 621 g/mol. The largest absolute Gasteiger partial charge is 0.481 e. The second-order valence-electron chi connectivity index (χ2n) is 12.2. The SMILES string of the molecule is CCCCCCCC(=O)CCCCCCC=C[C@H](C(=O)N[C@@H](Cc1ccc(-c2ccc(F)cc2)cc1)C(=O)O)[C@@](O)(CC(=O)O)C(=O)O. The average Bonchev–Trinajstić information content (AvgIpc) is 3.03. The molecule has 0 unspecified atom stereocenters. The molecule has 0 bridgehead atoms. The van der Waals surface area contributed by atoms with Crippen LogP contribution in [0.3, 0.4) is 0 Å². The Hall–Kier alpha value is -4.38. The lowest BCUT2D eigenvalue weighted by Crippen LogP contribution is -2.55. The maximum atomic E-state index is 13.3. The molecular formula is C37H48FNO9. The first-order valence-corrected chi connectivity index (χ1v) is 16.6. The summed E-state index contributed by atoms with van der Waals surface area (Å²) in [7, 11) is 0. The predicted octanol–water partition coefficient (Wildman–Crippen LogP) is 6.34. The van der Waals surface area contributed by atoms with E-state index in [-0.39, 0.29) is 18.0 Å². The van der Waals surface area contributed by atoms with Crippen molar-refractivity contribution in [1.29, 1.82) is 0 Å². The number of ketones is 1. The van der Waals surface area contributed by atoms with E-state index in [2.05, 4.69) is 12.2 Å². The second kappa shape index (κ2) is 20.8. The highest BCUT2D eigenvalue weighted by Crippen LogP contribution is 2.26. The molecule has 0 aliphatic heterocycles. The van der Waals surface area contributed by atoms with Gasteiger partial charge in [0.15, 0.2) is 5.60 Å². The highest BCUT2D eigenvalue weighted by atomic mass is 19.1. The highest BCUT2D eigenvalue weighted by Gasteiger charge is 2.49. The molecule has 5 N–H and O–H groups in total. The third-order valence-corrected chi connectivity index (χ3v) is 8.24. The Morgan fingerprint density at radius 3 is 1.85 bits per heavy atom. The summed E-state index contributed by atoms with van der Waals surface area (Å²) in [6, 6.07) is 11.0. The van der Waals surface area contributed by atoms with Gasteiger partial charge < -0.3 is 25.7 Å². The summed E-state index contributed by atoms with van der Waals surface area (Å²) in [6.45, 7) is 2.14. The van der Waals surface area contributed by atoms with Crippen LogP contribution in [0.1, 0.15) is 96.0 Å². The molecule has 2 aromatic carbocycles. The molecule has 2 aromatic rings. The van der Waals surface area contributed by atoms with Crippen LogP contribution in [0, 0.1) is 11.7 Å². The average molecular weight is 670 g/mol. The van der Waals surface area contributed by atoms with E-state index in [1.807, 2.05) is 0 Å². The van der Waals surface area contributed by atoms with Crippen LogP contribution in [0.15, 0.2) is 60.7 Å². The smallest absolute Gasteiger partial charge is 0.337 e. The number of hydrogen-bond donors (Lipinski definition) is 5. The van der Waals surface area contributed by atoms with Gasteiger partial charge in [-0.1, -0.05) is 94.0 Å². The number of carbonyl (C=O) groups excluding carboxylic acids is 2. The Kier molecular flexibility index (Phi) is 17.2. The van der Waals surface area contributed by atoms with E-state index in [9.17, 15) is 48.8 Å². The number of Topliss-reactive ketones (excluding diaryl/α,β-unsaturated/α-hetero) is 1. The fourth-order valence-corrected chi connectivity index (χ4v) is 5.41. The van der Waals surface area contributed by atoms with Crippen LogP contribution in [0.5, 0.6) is 0 Å². The monoisotopic (exact) mass is 669 g/mol.